The molecule has 0 aromatic heterocycles. The number of rotatable bonds is 8. The van der Waals surface area contributed by atoms with Crippen LogP contribution in [-0.2, 0) is 4.79 Å². The Morgan fingerprint density at radius 3 is 2.64 bits per heavy atom. The first-order valence-electron chi connectivity index (χ1n) is 8.41. The minimum absolute atomic E-state index is 0.0565. The molecule has 1 aromatic rings. The van der Waals surface area contributed by atoms with Crippen molar-refractivity contribution in [2.45, 2.75) is 32.0 Å². The van der Waals surface area contributed by atoms with Crippen LogP contribution in [0.1, 0.15) is 12.0 Å². The van der Waals surface area contributed by atoms with Crippen molar-refractivity contribution >= 4 is 49.7 Å². The number of hydrogen-bond acceptors (Lipinski definition) is 6. The number of nitrogens with two attached hydrogens (primary N) is 2. The SMILES string of the molecule is Cc1ccc(NC2=C(C(N)=O)N=CC(NC[C@@H](N)CC(F)F)N2C)c(Br)c1Br. The van der Waals surface area contributed by atoms with E-state index in [4.69, 9.17) is 11.5 Å². The number of amides is 1. The first-order chi connectivity index (χ1) is 13.1. The number of carbonyl (C=O) groups excluding carboxylic acids is 1. The third-order valence-corrected chi connectivity index (χ3v) is 6.55. The van der Waals surface area contributed by atoms with E-state index in [0.29, 0.717) is 11.5 Å². The van der Waals surface area contributed by atoms with Crippen LogP contribution >= 0.6 is 31.9 Å². The summed E-state index contributed by atoms with van der Waals surface area (Å²) in [4.78, 5) is 17.7. The lowest BCUT2D eigenvalue weighted by molar-refractivity contribution is -0.114. The molecule has 2 rings (SSSR count). The Hall–Kier alpha value is -1.56. The number of hydrogen-bond donors (Lipinski definition) is 4. The molecule has 0 bridgehead atoms. The Balaban J connectivity index is 2.23. The first kappa shape index (κ1) is 22.7. The van der Waals surface area contributed by atoms with Gasteiger partial charge in [0.2, 0.25) is 6.43 Å². The summed E-state index contributed by atoms with van der Waals surface area (Å²) in [6.45, 7) is 2.11. The van der Waals surface area contributed by atoms with Gasteiger partial charge in [0, 0.05) is 36.7 Å². The fraction of sp³-hybridized carbons (Fsp3) is 0.412. The molecular weight excluding hydrogens is 502 g/mol. The molecule has 1 heterocycles. The lowest BCUT2D eigenvalue weighted by Crippen LogP contribution is -2.51. The van der Waals surface area contributed by atoms with Gasteiger partial charge in [-0.3, -0.25) is 10.1 Å². The number of halogens is 4. The van der Waals surface area contributed by atoms with Crippen LogP contribution in [0.3, 0.4) is 0 Å². The zero-order chi connectivity index (χ0) is 21.0. The molecule has 28 heavy (non-hydrogen) atoms. The predicted octanol–water partition coefficient (Wildman–Crippen LogP) is 2.50. The molecule has 11 heteroatoms. The molecule has 1 unspecified atom stereocenters. The molecule has 7 nitrogen and oxygen atoms in total. The molecular formula is C17H22Br2F2N6O. The summed E-state index contributed by atoms with van der Waals surface area (Å²) in [7, 11) is 1.73. The number of anilines is 1. The number of primary amides is 1. The Morgan fingerprint density at radius 2 is 2.04 bits per heavy atom. The van der Waals surface area contributed by atoms with Gasteiger partial charge in [-0.1, -0.05) is 6.07 Å². The summed E-state index contributed by atoms with van der Waals surface area (Å²) in [5.74, 6) is -0.313. The highest BCUT2D eigenvalue weighted by Crippen LogP contribution is 2.35. The van der Waals surface area contributed by atoms with E-state index in [9.17, 15) is 13.6 Å². The van der Waals surface area contributed by atoms with Crippen LogP contribution in [-0.4, -0.2) is 49.2 Å². The smallest absolute Gasteiger partial charge is 0.271 e. The number of nitrogens with one attached hydrogen (secondary N) is 2. The predicted molar refractivity (Wildman–Crippen MR) is 113 cm³/mol. The molecule has 154 valence electrons. The molecule has 6 N–H and O–H groups in total. The van der Waals surface area contributed by atoms with Crippen LogP contribution in [0.15, 0.2) is 37.6 Å². The summed E-state index contributed by atoms with van der Waals surface area (Å²) in [5.41, 5.74) is 13.0. The Morgan fingerprint density at radius 1 is 1.36 bits per heavy atom. The molecule has 0 saturated carbocycles. The summed E-state index contributed by atoms with van der Waals surface area (Å²) in [5, 5.41) is 6.23. The summed E-state index contributed by atoms with van der Waals surface area (Å²) in [6.07, 6.45) is -1.84. The number of benzene rings is 1. The van der Waals surface area contributed by atoms with Gasteiger partial charge in [0.1, 0.15) is 12.0 Å². The molecule has 0 radical (unpaired) electrons. The van der Waals surface area contributed by atoms with E-state index < -0.39 is 31.0 Å². The van der Waals surface area contributed by atoms with E-state index in [0.717, 1.165) is 14.5 Å². The maximum absolute atomic E-state index is 12.4. The van der Waals surface area contributed by atoms with E-state index in [1.165, 1.54) is 6.21 Å². The summed E-state index contributed by atoms with van der Waals surface area (Å²) in [6, 6.07) is 3.05. The zero-order valence-corrected chi connectivity index (χ0v) is 18.5. The Bertz CT molecular complexity index is 802. The van der Waals surface area contributed by atoms with Crippen LogP contribution in [0.25, 0.3) is 0 Å². The van der Waals surface area contributed by atoms with Gasteiger partial charge >= 0.3 is 0 Å². The van der Waals surface area contributed by atoms with Gasteiger partial charge in [0.25, 0.3) is 5.91 Å². The van der Waals surface area contributed by atoms with Crippen molar-refractivity contribution in [2.24, 2.45) is 16.5 Å². The van der Waals surface area contributed by atoms with Crippen molar-refractivity contribution in [3.8, 4) is 0 Å². The molecule has 0 saturated heterocycles. The average molecular weight is 524 g/mol. The van der Waals surface area contributed by atoms with Crippen LogP contribution in [0.4, 0.5) is 14.5 Å². The second kappa shape index (κ2) is 9.77. The Labute approximate surface area is 178 Å². The minimum atomic E-state index is -2.47. The highest BCUT2D eigenvalue weighted by atomic mass is 79.9. The lowest BCUT2D eigenvalue weighted by Gasteiger charge is -2.34. The van der Waals surface area contributed by atoms with Gasteiger partial charge in [-0.05, 0) is 50.4 Å². The van der Waals surface area contributed by atoms with Crippen molar-refractivity contribution in [2.75, 3.05) is 18.9 Å². The molecule has 0 spiro atoms. The maximum atomic E-state index is 12.4. The quantitative estimate of drug-likeness (QED) is 0.418. The second-order valence-electron chi connectivity index (χ2n) is 6.37. The van der Waals surface area contributed by atoms with E-state index in [-0.39, 0.29) is 12.2 Å². The fourth-order valence-electron chi connectivity index (χ4n) is 2.58. The number of aryl methyl sites for hydroxylation is 1. The van der Waals surface area contributed by atoms with Crippen LogP contribution in [0.5, 0.6) is 0 Å². The average Bonchev–Trinajstić information content (AvgIpc) is 2.61. The van der Waals surface area contributed by atoms with E-state index in [2.05, 4.69) is 47.5 Å². The highest BCUT2D eigenvalue weighted by Gasteiger charge is 2.27. The molecule has 0 aliphatic carbocycles. The van der Waals surface area contributed by atoms with Crippen molar-refractivity contribution in [3.63, 3.8) is 0 Å². The van der Waals surface area contributed by atoms with Crippen LogP contribution < -0.4 is 22.1 Å². The van der Waals surface area contributed by atoms with Gasteiger partial charge in [0.15, 0.2) is 5.70 Å². The molecule has 2 atom stereocenters. The first-order valence-corrected chi connectivity index (χ1v) is 10.00. The zero-order valence-electron chi connectivity index (χ0n) is 15.3. The number of alkyl halides is 2. The Kier molecular flexibility index (Phi) is 7.93. The molecule has 1 amide bonds. The van der Waals surface area contributed by atoms with Gasteiger partial charge in [0.05, 0.1) is 10.2 Å². The number of nitrogens with zero attached hydrogens (tertiary/aromatic N) is 2. The number of carbonyl (C=O) groups is 1. The molecule has 1 aliphatic heterocycles. The van der Waals surface area contributed by atoms with Gasteiger partial charge in [-0.15, -0.1) is 0 Å². The van der Waals surface area contributed by atoms with Crippen molar-refractivity contribution in [1.82, 2.24) is 10.2 Å². The van der Waals surface area contributed by atoms with Crippen molar-refractivity contribution in [3.05, 3.63) is 38.2 Å². The van der Waals surface area contributed by atoms with Gasteiger partial charge in [-0.2, -0.15) is 0 Å². The highest BCUT2D eigenvalue weighted by molar-refractivity contribution is 9.13. The normalized spacial score (nSPS) is 18.0. The monoisotopic (exact) mass is 522 g/mol. The molecule has 1 aromatic carbocycles. The van der Waals surface area contributed by atoms with Gasteiger partial charge in [-0.25, -0.2) is 13.8 Å². The fourth-order valence-corrected chi connectivity index (χ4v) is 3.47. The van der Waals surface area contributed by atoms with Crippen LogP contribution in [0.2, 0.25) is 0 Å². The van der Waals surface area contributed by atoms with Crippen molar-refractivity contribution in [1.29, 1.82) is 0 Å². The topological polar surface area (TPSA) is 109 Å². The van der Waals surface area contributed by atoms with E-state index >= 15 is 0 Å². The summed E-state index contributed by atoms with van der Waals surface area (Å²) < 4.78 is 26.5. The van der Waals surface area contributed by atoms with E-state index in [1.54, 1.807) is 11.9 Å². The van der Waals surface area contributed by atoms with Crippen molar-refractivity contribution < 1.29 is 13.6 Å². The second-order valence-corrected chi connectivity index (χ2v) is 7.96. The number of aliphatic imine (C=N–C) groups is 1. The largest absolute Gasteiger partial charge is 0.364 e. The van der Waals surface area contributed by atoms with Gasteiger partial charge < -0.3 is 21.7 Å². The standard InChI is InChI=1S/C17H22Br2F2N6O/c1-8-3-4-10(14(19)13(8)18)26-17-15(16(23)28)25-7-12(27(17)2)24-6-9(22)5-11(20)21/h3-4,7,9,11-12,24,26H,5-6,22H2,1-2H3,(H2,23,28)/t9-,12?/m0/s1. The third-order valence-electron chi connectivity index (χ3n) is 4.17. The maximum Gasteiger partial charge on any atom is 0.271 e. The lowest BCUT2D eigenvalue weighted by atomic mass is 10.2. The molecule has 0 fully saturated rings. The van der Waals surface area contributed by atoms with Crippen LogP contribution in [0, 0.1) is 6.92 Å². The molecule has 1 aliphatic rings. The third kappa shape index (κ3) is 5.49. The van der Waals surface area contributed by atoms with E-state index in [1.807, 2.05) is 19.1 Å². The minimum Gasteiger partial charge on any atom is -0.364 e. The summed E-state index contributed by atoms with van der Waals surface area (Å²) >= 11 is 7.02.